The van der Waals surface area contributed by atoms with Crippen molar-refractivity contribution in [3.05, 3.63) is 58.8 Å². The largest absolute Gasteiger partial charge is 0.269 e. The van der Waals surface area contributed by atoms with E-state index in [9.17, 15) is 8.78 Å². The summed E-state index contributed by atoms with van der Waals surface area (Å²) in [6.07, 6.45) is 1.41. The van der Waals surface area contributed by atoms with Crippen molar-refractivity contribution in [2.75, 3.05) is 0 Å². The number of aromatic nitrogens is 4. The van der Waals surface area contributed by atoms with Gasteiger partial charge in [-0.25, -0.2) is 13.8 Å². The molecule has 1 aromatic carbocycles. The Kier molecular flexibility index (Phi) is 2.87. The van der Waals surface area contributed by atoms with E-state index in [1.807, 2.05) is 0 Å². The fourth-order valence-electron chi connectivity index (χ4n) is 1.80. The van der Waals surface area contributed by atoms with E-state index < -0.39 is 11.6 Å². The van der Waals surface area contributed by atoms with Crippen molar-refractivity contribution in [2.24, 2.45) is 0 Å². The molecule has 3 rings (SSSR count). The molecule has 96 valence electrons. The second-order valence-corrected chi connectivity index (χ2v) is 4.32. The van der Waals surface area contributed by atoms with Gasteiger partial charge in [-0.2, -0.15) is 0 Å². The second-order valence-electron chi connectivity index (χ2n) is 3.93. The Hall–Kier alpha value is -2.08. The molecular formula is C12H7ClF2N4. The summed E-state index contributed by atoms with van der Waals surface area (Å²) in [5.74, 6) is -0.833. The van der Waals surface area contributed by atoms with Crippen LogP contribution in [0.2, 0.25) is 5.15 Å². The van der Waals surface area contributed by atoms with Crippen LogP contribution in [0.25, 0.3) is 5.65 Å². The first kappa shape index (κ1) is 12.0. The van der Waals surface area contributed by atoms with E-state index in [1.165, 1.54) is 35.0 Å². The third-order valence-corrected chi connectivity index (χ3v) is 2.94. The molecule has 2 heterocycles. The fourth-order valence-corrected chi connectivity index (χ4v) is 1.94. The van der Waals surface area contributed by atoms with E-state index in [0.29, 0.717) is 11.5 Å². The van der Waals surface area contributed by atoms with Crippen molar-refractivity contribution >= 4 is 17.2 Å². The number of hydrogen-bond acceptors (Lipinski definition) is 3. The van der Waals surface area contributed by atoms with Crippen LogP contribution in [0.15, 0.2) is 30.6 Å². The van der Waals surface area contributed by atoms with Gasteiger partial charge in [-0.3, -0.25) is 4.40 Å². The first-order valence-electron chi connectivity index (χ1n) is 5.43. The highest BCUT2D eigenvalue weighted by atomic mass is 35.5. The average Bonchev–Trinajstić information content (AvgIpc) is 2.76. The lowest BCUT2D eigenvalue weighted by atomic mass is 10.1. The molecule has 0 unspecified atom stereocenters. The number of halogens is 3. The molecule has 0 bridgehead atoms. The molecule has 4 nitrogen and oxygen atoms in total. The lowest BCUT2D eigenvalue weighted by molar-refractivity contribution is 0.558. The Morgan fingerprint density at radius 1 is 1.16 bits per heavy atom. The monoisotopic (exact) mass is 280 g/mol. The van der Waals surface area contributed by atoms with E-state index in [4.69, 9.17) is 11.6 Å². The second kappa shape index (κ2) is 4.55. The quantitative estimate of drug-likeness (QED) is 0.678. The van der Waals surface area contributed by atoms with Crippen LogP contribution in [0.3, 0.4) is 0 Å². The molecule has 0 saturated heterocycles. The van der Waals surface area contributed by atoms with Crippen LogP contribution >= 0.6 is 11.6 Å². The smallest absolute Gasteiger partial charge is 0.165 e. The molecular weight excluding hydrogens is 274 g/mol. The summed E-state index contributed by atoms with van der Waals surface area (Å²) >= 11 is 5.73. The Morgan fingerprint density at radius 3 is 2.63 bits per heavy atom. The molecule has 0 atom stereocenters. The highest BCUT2D eigenvalue weighted by Gasteiger charge is 2.13. The van der Waals surface area contributed by atoms with Crippen molar-refractivity contribution in [3.8, 4) is 0 Å². The number of rotatable bonds is 2. The van der Waals surface area contributed by atoms with Crippen LogP contribution in [0.5, 0.6) is 0 Å². The normalized spacial score (nSPS) is 11.1. The minimum absolute atomic E-state index is 0.0109. The fraction of sp³-hybridized carbons (Fsp3) is 0.0833. The maximum Gasteiger partial charge on any atom is 0.165 e. The van der Waals surface area contributed by atoms with Crippen LogP contribution < -0.4 is 0 Å². The predicted molar refractivity (Wildman–Crippen MR) is 65.0 cm³/mol. The van der Waals surface area contributed by atoms with Gasteiger partial charge in [-0.1, -0.05) is 17.7 Å². The standard InChI is InChI=1S/C12H7ClF2N4/c13-10-5-12-18-17-11(19(12)6-16-10)4-7-8(14)2-1-3-9(7)15/h1-3,5-6H,4H2. The van der Waals surface area contributed by atoms with Gasteiger partial charge in [-0.05, 0) is 12.1 Å². The van der Waals surface area contributed by atoms with Gasteiger partial charge >= 0.3 is 0 Å². The van der Waals surface area contributed by atoms with Gasteiger partial charge in [0.1, 0.15) is 28.9 Å². The molecule has 0 aliphatic rings. The Morgan fingerprint density at radius 2 is 1.89 bits per heavy atom. The molecule has 0 spiro atoms. The summed E-state index contributed by atoms with van der Waals surface area (Å²) in [5.41, 5.74) is 0.429. The zero-order valence-corrected chi connectivity index (χ0v) is 10.3. The van der Waals surface area contributed by atoms with E-state index in [2.05, 4.69) is 15.2 Å². The number of nitrogens with zero attached hydrogens (tertiary/aromatic N) is 4. The van der Waals surface area contributed by atoms with Crippen molar-refractivity contribution in [1.82, 2.24) is 19.6 Å². The number of hydrogen-bond donors (Lipinski definition) is 0. The summed E-state index contributed by atoms with van der Waals surface area (Å²) in [6.45, 7) is 0. The van der Waals surface area contributed by atoms with Crippen LogP contribution in [-0.4, -0.2) is 19.6 Å². The lowest BCUT2D eigenvalue weighted by Gasteiger charge is -2.03. The zero-order chi connectivity index (χ0) is 13.4. The third kappa shape index (κ3) is 2.15. The predicted octanol–water partition coefficient (Wildman–Crippen LogP) is 2.65. The van der Waals surface area contributed by atoms with Crippen LogP contribution in [0.1, 0.15) is 11.4 Å². The summed E-state index contributed by atoms with van der Waals surface area (Å²) in [5, 5.41) is 8.05. The van der Waals surface area contributed by atoms with Gasteiger partial charge in [0.05, 0.1) is 0 Å². The zero-order valence-electron chi connectivity index (χ0n) is 9.52. The molecule has 0 saturated carbocycles. The Labute approximate surface area is 111 Å². The van der Waals surface area contributed by atoms with Crippen molar-refractivity contribution in [1.29, 1.82) is 0 Å². The first-order chi connectivity index (χ1) is 9.15. The average molecular weight is 281 g/mol. The number of fused-ring (bicyclic) bond motifs is 1. The van der Waals surface area contributed by atoms with Gasteiger partial charge in [0, 0.05) is 18.1 Å². The summed E-state index contributed by atoms with van der Waals surface area (Å²) < 4.78 is 28.7. The van der Waals surface area contributed by atoms with Crippen LogP contribution in [-0.2, 0) is 6.42 Å². The minimum atomic E-state index is -0.612. The summed E-state index contributed by atoms with van der Waals surface area (Å²) in [6, 6.07) is 5.25. The molecule has 3 aromatic rings. The van der Waals surface area contributed by atoms with Gasteiger partial charge in [0.2, 0.25) is 0 Å². The topological polar surface area (TPSA) is 43.1 Å². The maximum absolute atomic E-state index is 13.6. The third-order valence-electron chi connectivity index (χ3n) is 2.73. The SMILES string of the molecule is Fc1cccc(F)c1Cc1nnc2cc(Cl)ncn12. The van der Waals surface area contributed by atoms with E-state index in [-0.39, 0.29) is 17.1 Å². The molecule has 2 aromatic heterocycles. The Balaban J connectivity index is 2.06. The highest BCUT2D eigenvalue weighted by molar-refractivity contribution is 6.29. The number of benzene rings is 1. The van der Waals surface area contributed by atoms with Gasteiger partial charge in [0.15, 0.2) is 5.65 Å². The summed E-state index contributed by atoms with van der Waals surface area (Å²) in [4.78, 5) is 3.89. The minimum Gasteiger partial charge on any atom is -0.269 e. The molecule has 0 N–H and O–H groups in total. The van der Waals surface area contributed by atoms with Crippen LogP contribution in [0, 0.1) is 11.6 Å². The van der Waals surface area contributed by atoms with Crippen molar-refractivity contribution < 1.29 is 8.78 Å². The molecule has 0 radical (unpaired) electrons. The van der Waals surface area contributed by atoms with Crippen LogP contribution in [0.4, 0.5) is 8.78 Å². The van der Waals surface area contributed by atoms with Gasteiger partial charge in [-0.15, -0.1) is 10.2 Å². The Bertz CT molecular complexity index is 736. The van der Waals surface area contributed by atoms with Crippen molar-refractivity contribution in [3.63, 3.8) is 0 Å². The van der Waals surface area contributed by atoms with Gasteiger partial charge in [0.25, 0.3) is 0 Å². The first-order valence-corrected chi connectivity index (χ1v) is 5.81. The molecule has 0 amide bonds. The van der Waals surface area contributed by atoms with Gasteiger partial charge < -0.3 is 0 Å². The van der Waals surface area contributed by atoms with E-state index in [1.54, 1.807) is 0 Å². The highest BCUT2D eigenvalue weighted by Crippen LogP contribution is 2.17. The molecule has 7 heteroatoms. The van der Waals surface area contributed by atoms with Crippen molar-refractivity contribution in [2.45, 2.75) is 6.42 Å². The molecule has 0 fully saturated rings. The maximum atomic E-state index is 13.6. The molecule has 0 aliphatic carbocycles. The molecule has 19 heavy (non-hydrogen) atoms. The summed E-state index contributed by atoms with van der Waals surface area (Å²) in [7, 11) is 0. The lowest BCUT2D eigenvalue weighted by Crippen LogP contribution is -2.02. The van der Waals surface area contributed by atoms with E-state index in [0.717, 1.165) is 0 Å². The molecule has 0 aliphatic heterocycles. The van der Waals surface area contributed by atoms with E-state index >= 15 is 0 Å².